The van der Waals surface area contributed by atoms with Gasteiger partial charge in [0.1, 0.15) is 0 Å². The van der Waals surface area contributed by atoms with E-state index in [0.29, 0.717) is 37.4 Å². The number of piperidine rings is 1. The molecule has 1 aliphatic heterocycles. The van der Waals surface area contributed by atoms with Crippen molar-refractivity contribution in [2.75, 3.05) is 32.8 Å². The Morgan fingerprint density at radius 3 is 2.66 bits per heavy atom. The first-order chi connectivity index (χ1) is 13.9. The summed E-state index contributed by atoms with van der Waals surface area (Å²) in [6, 6.07) is 7.09. The van der Waals surface area contributed by atoms with Gasteiger partial charge in [0.05, 0.1) is 25.0 Å². The van der Waals surface area contributed by atoms with Gasteiger partial charge in [0, 0.05) is 24.7 Å². The van der Waals surface area contributed by atoms with E-state index >= 15 is 0 Å². The number of amides is 2. The van der Waals surface area contributed by atoms with Crippen LogP contribution in [-0.2, 0) is 25.5 Å². The molecule has 0 radical (unpaired) electrons. The standard InChI is InChI=1S/C21H29ClN2O5/c1-3-28-18(25)9-11-23-20(27)24-12-6-10-21(15-24,19(26)29-4-2)14-16-7-5-8-17(22)13-16/h5,7-8,13H,3-4,6,9-12,14-15H2,1-2H3,(H,23,27). The summed E-state index contributed by atoms with van der Waals surface area (Å²) in [6.07, 6.45) is 1.87. The lowest BCUT2D eigenvalue weighted by Crippen LogP contribution is -2.54. The van der Waals surface area contributed by atoms with Gasteiger partial charge in [-0.2, -0.15) is 0 Å². The molecule has 160 valence electrons. The molecule has 0 spiro atoms. The third-order valence-corrected chi connectivity index (χ3v) is 5.15. The Kier molecular flexibility index (Phi) is 8.76. The number of benzene rings is 1. The molecule has 1 aromatic rings. The Labute approximate surface area is 176 Å². The Hall–Kier alpha value is -2.28. The molecular formula is C21H29ClN2O5. The maximum Gasteiger partial charge on any atom is 0.317 e. The van der Waals surface area contributed by atoms with Gasteiger partial charge in [-0.05, 0) is 50.8 Å². The summed E-state index contributed by atoms with van der Waals surface area (Å²) < 4.78 is 10.2. The summed E-state index contributed by atoms with van der Waals surface area (Å²) >= 11 is 6.10. The lowest BCUT2D eigenvalue weighted by molar-refractivity contribution is -0.158. The fraction of sp³-hybridized carbons (Fsp3) is 0.571. The Morgan fingerprint density at radius 2 is 1.97 bits per heavy atom. The summed E-state index contributed by atoms with van der Waals surface area (Å²) in [6.45, 7) is 5.08. The number of ether oxygens (including phenoxy) is 2. The van der Waals surface area contributed by atoms with E-state index in [4.69, 9.17) is 21.1 Å². The highest BCUT2D eigenvalue weighted by Gasteiger charge is 2.44. The van der Waals surface area contributed by atoms with Gasteiger partial charge in [-0.25, -0.2) is 4.79 Å². The van der Waals surface area contributed by atoms with Gasteiger partial charge >= 0.3 is 18.0 Å². The Bertz CT molecular complexity index is 727. The predicted molar refractivity (Wildman–Crippen MR) is 110 cm³/mol. The van der Waals surface area contributed by atoms with Gasteiger partial charge in [-0.1, -0.05) is 23.7 Å². The fourth-order valence-electron chi connectivity index (χ4n) is 3.63. The monoisotopic (exact) mass is 424 g/mol. The fourth-order valence-corrected chi connectivity index (χ4v) is 3.84. The second kappa shape index (κ2) is 11.0. The van der Waals surface area contributed by atoms with Crippen LogP contribution in [0.25, 0.3) is 0 Å². The van der Waals surface area contributed by atoms with Crippen molar-refractivity contribution in [3.63, 3.8) is 0 Å². The number of urea groups is 1. The van der Waals surface area contributed by atoms with Crippen molar-refractivity contribution >= 4 is 29.6 Å². The molecule has 1 atom stereocenters. The first-order valence-electron chi connectivity index (χ1n) is 10.00. The third kappa shape index (κ3) is 6.63. The van der Waals surface area contributed by atoms with Crippen LogP contribution in [0.5, 0.6) is 0 Å². The summed E-state index contributed by atoms with van der Waals surface area (Å²) in [7, 11) is 0. The van der Waals surface area contributed by atoms with Gasteiger partial charge in [0.25, 0.3) is 0 Å². The minimum absolute atomic E-state index is 0.110. The highest BCUT2D eigenvalue weighted by atomic mass is 35.5. The molecule has 1 fully saturated rings. The molecule has 7 nitrogen and oxygen atoms in total. The number of nitrogens with one attached hydrogen (secondary N) is 1. The molecule has 0 bridgehead atoms. The van der Waals surface area contributed by atoms with E-state index in [0.717, 1.165) is 5.56 Å². The van der Waals surface area contributed by atoms with Gasteiger partial charge < -0.3 is 19.7 Å². The summed E-state index contributed by atoms with van der Waals surface area (Å²) in [5.41, 5.74) is 0.104. The van der Waals surface area contributed by atoms with E-state index in [9.17, 15) is 14.4 Å². The lowest BCUT2D eigenvalue weighted by Gasteiger charge is -2.41. The number of likely N-dealkylation sites (tertiary alicyclic amines) is 1. The van der Waals surface area contributed by atoms with E-state index in [-0.39, 0.29) is 44.1 Å². The number of hydrogen-bond donors (Lipinski definition) is 1. The zero-order valence-corrected chi connectivity index (χ0v) is 17.8. The minimum atomic E-state index is -0.822. The van der Waals surface area contributed by atoms with Crippen molar-refractivity contribution in [1.29, 1.82) is 0 Å². The molecule has 1 heterocycles. The summed E-state index contributed by atoms with van der Waals surface area (Å²) in [5, 5.41) is 3.34. The highest BCUT2D eigenvalue weighted by molar-refractivity contribution is 6.30. The number of halogens is 1. The number of esters is 2. The van der Waals surface area contributed by atoms with Crippen LogP contribution < -0.4 is 5.32 Å². The third-order valence-electron chi connectivity index (χ3n) is 4.91. The molecule has 0 aromatic heterocycles. The van der Waals surface area contributed by atoms with E-state index in [2.05, 4.69) is 5.32 Å². The molecule has 0 aliphatic carbocycles. The largest absolute Gasteiger partial charge is 0.466 e. The van der Waals surface area contributed by atoms with Gasteiger partial charge in [0.15, 0.2) is 0 Å². The SMILES string of the molecule is CCOC(=O)CCNC(=O)N1CCCC(Cc2cccc(Cl)c2)(C(=O)OCC)C1. The second-order valence-electron chi connectivity index (χ2n) is 7.12. The molecule has 2 rings (SSSR count). The van der Waals surface area contributed by atoms with E-state index in [1.807, 2.05) is 18.2 Å². The van der Waals surface area contributed by atoms with Crippen LogP contribution >= 0.6 is 11.6 Å². The second-order valence-corrected chi connectivity index (χ2v) is 7.56. The molecule has 1 saturated heterocycles. The topological polar surface area (TPSA) is 84.9 Å². The van der Waals surface area contributed by atoms with Crippen molar-refractivity contribution in [2.45, 2.75) is 39.5 Å². The van der Waals surface area contributed by atoms with Crippen molar-refractivity contribution in [3.8, 4) is 0 Å². The Morgan fingerprint density at radius 1 is 1.21 bits per heavy atom. The van der Waals surface area contributed by atoms with E-state index in [1.54, 1.807) is 24.8 Å². The predicted octanol–water partition coefficient (Wildman–Crippen LogP) is 3.19. The molecule has 29 heavy (non-hydrogen) atoms. The first-order valence-corrected chi connectivity index (χ1v) is 10.4. The van der Waals surface area contributed by atoms with Crippen LogP contribution in [0.3, 0.4) is 0 Å². The van der Waals surface area contributed by atoms with Gasteiger partial charge in [0.2, 0.25) is 0 Å². The van der Waals surface area contributed by atoms with Crippen LogP contribution in [-0.4, -0.2) is 55.7 Å². The van der Waals surface area contributed by atoms with Crippen LogP contribution in [0.4, 0.5) is 4.79 Å². The Balaban J connectivity index is 2.08. The van der Waals surface area contributed by atoms with Crippen molar-refractivity contribution in [2.24, 2.45) is 5.41 Å². The average molecular weight is 425 g/mol. The number of carbonyl (C=O) groups is 3. The number of hydrogen-bond acceptors (Lipinski definition) is 5. The summed E-state index contributed by atoms with van der Waals surface area (Å²) in [5.74, 6) is -0.655. The molecular weight excluding hydrogens is 396 g/mol. The van der Waals surface area contributed by atoms with Crippen LogP contribution in [0, 0.1) is 5.41 Å². The average Bonchev–Trinajstić information content (AvgIpc) is 2.68. The molecule has 0 saturated carbocycles. The van der Waals surface area contributed by atoms with Crippen molar-refractivity contribution in [3.05, 3.63) is 34.9 Å². The maximum absolute atomic E-state index is 12.9. The molecule has 2 amide bonds. The van der Waals surface area contributed by atoms with E-state index < -0.39 is 5.41 Å². The summed E-state index contributed by atoms with van der Waals surface area (Å²) in [4.78, 5) is 38.5. The number of nitrogens with zero attached hydrogens (tertiary/aromatic N) is 1. The van der Waals surface area contributed by atoms with E-state index in [1.165, 1.54) is 0 Å². The van der Waals surface area contributed by atoms with Gasteiger partial charge in [-0.3, -0.25) is 9.59 Å². The van der Waals surface area contributed by atoms with Gasteiger partial charge in [-0.15, -0.1) is 0 Å². The lowest BCUT2D eigenvalue weighted by atomic mass is 9.75. The van der Waals surface area contributed by atoms with Crippen LogP contribution in [0.2, 0.25) is 5.02 Å². The van der Waals surface area contributed by atoms with Crippen LogP contribution in [0.1, 0.15) is 38.7 Å². The zero-order chi connectivity index (χ0) is 21.3. The highest BCUT2D eigenvalue weighted by Crippen LogP contribution is 2.36. The quantitative estimate of drug-likeness (QED) is 0.648. The molecule has 1 aliphatic rings. The first kappa shape index (κ1) is 23.0. The maximum atomic E-state index is 12.9. The molecule has 8 heteroatoms. The molecule has 1 N–H and O–H groups in total. The number of rotatable bonds is 8. The van der Waals surface area contributed by atoms with Crippen LogP contribution in [0.15, 0.2) is 24.3 Å². The zero-order valence-electron chi connectivity index (χ0n) is 17.0. The number of carbonyl (C=O) groups excluding carboxylic acids is 3. The minimum Gasteiger partial charge on any atom is -0.466 e. The molecule has 1 unspecified atom stereocenters. The molecule has 1 aromatic carbocycles. The smallest absolute Gasteiger partial charge is 0.317 e. The normalized spacial score (nSPS) is 18.8. The van der Waals surface area contributed by atoms with Crippen molar-refractivity contribution in [1.82, 2.24) is 10.2 Å². The van der Waals surface area contributed by atoms with Crippen molar-refractivity contribution < 1.29 is 23.9 Å².